The standard InChI is InChI=1S/C43H73NO11/c1-4-7-10-13-16-17-18-19-22-25-40(45)52-34-37(36-54-43(47)55-39-28-26-38(27-29-39)44(48)49)35-53-41(46)30-31-42(50-32-23-20-14-11-8-5-2)51-33-24-21-15-12-9-6-3/h26-29,37,42H,4-25,30-36H2,1-3H3. The first-order valence-corrected chi connectivity index (χ1v) is 21.4. The van der Waals surface area contributed by atoms with Crippen molar-refractivity contribution < 1.29 is 47.7 Å². The molecule has 0 fully saturated rings. The van der Waals surface area contributed by atoms with E-state index >= 15 is 0 Å². The lowest BCUT2D eigenvalue weighted by Crippen LogP contribution is -2.27. The summed E-state index contributed by atoms with van der Waals surface area (Å²) in [5.41, 5.74) is -0.146. The van der Waals surface area contributed by atoms with Gasteiger partial charge in [-0.2, -0.15) is 0 Å². The molecule has 0 heterocycles. The number of hydrogen-bond donors (Lipinski definition) is 0. The van der Waals surface area contributed by atoms with Gasteiger partial charge in [0.2, 0.25) is 0 Å². The number of unbranched alkanes of at least 4 members (excludes halogenated alkanes) is 18. The number of nitrogens with zero attached hydrogens (tertiary/aromatic N) is 1. The second-order valence-electron chi connectivity index (χ2n) is 14.5. The summed E-state index contributed by atoms with van der Waals surface area (Å²) in [5, 5.41) is 10.9. The molecule has 0 aromatic heterocycles. The number of non-ortho nitro benzene ring substituents is 1. The van der Waals surface area contributed by atoms with Gasteiger partial charge in [0, 0.05) is 38.2 Å². The molecule has 0 radical (unpaired) electrons. The summed E-state index contributed by atoms with van der Waals surface area (Å²) in [7, 11) is 0. The maximum Gasteiger partial charge on any atom is 0.513 e. The van der Waals surface area contributed by atoms with Gasteiger partial charge in [0.15, 0.2) is 6.29 Å². The van der Waals surface area contributed by atoms with Crippen molar-refractivity contribution >= 4 is 23.8 Å². The summed E-state index contributed by atoms with van der Waals surface area (Å²) in [6, 6.07) is 4.99. The Kier molecular flexibility index (Phi) is 31.8. The highest BCUT2D eigenvalue weighted by Gasteiger charge is 2.20. The predicted octanol–water partition coefficient (Wildman–Crippen LogP) is 11.6. The van der Waals surface area contributed by atoms with Crippen molar-refractivity contribution in [3.8, 4) is 5.75 Å². The third-order valence-corrected chi connectivity index (χ3v) is 9.32. The molecular formula is C43H73NO11. The predicted molar refractivity (Wildman–Crippen MR) is 214 cm³/mol. The number of hydrogen-bond acceptors (Lipinski definition) is 11. The second kappa shape index (κ2) is 35.2. The van der Waals surface area contributed by atoms with Crippen LogP contribution in [0.15, 0.2) is 24.3 Å². The molecule has 316 valence electrons. The molecule has 1 atom stereocenters. The van der Waals surface area contributed by atoms with E-state index in [0.717, 1.165) is 51.4 Å². The minimum absolute atomic E-state index is 0.0675. The van der Waals surface area contributed by atoms with Gasteiger partial charge >= 0.3 is 18.1 Å². The number of esters is 2. The van der Waals surface area contributed by atoms with Gasteiger partial charge in [-0.25, -0.2) is 4.79 Å². The Balaban J connectivity index is 2.64. The molecule has 0 aliphatic rings. The van der Waals surface area contributed by atoms with Gasteiger partial charge in [0.1, 0.15) is 25.6 Å². The van der Waals surface area contributed by atoms with Crippen LogP contribution in [-0.4, -0.2) is 62.3 Å². The van der Waals surface area contributed by atoms with Gasteiger partial charge in [-0.05, 0) is 31.4 Å². The first-order valence-electron chi connectivity index (χ1n) is 21.4. The molecule has 0 aliphatic carbocycles. The van der Waals surface area contributed by atoms with Crippen molar-refractivity contribution in [3.63, 3.8) is 0 Å². The van der Waals surface area contributed by atoms with Crippen molar-refractivity contribution in [3.05, 3.63) is 34.4 Å². The monoisotopic (exact) mass is 780 g/mol. The van der Waals surface area contributed by atoms with Gasteiger partial charge in [-0.3, -0.25) is 19.7 Å². The molecule has 0 aliphatic heterocycles. The smallest absolute Gasteiger partial charge is 0.465 e. The third kappa shape index (κ3) is 29.7. The Bertz CT molecular complexity index is 1100. The van der Waals surface area contributed by atoms with Crippen molar-refractivity contribution in [1.82, 2.24) is 0 Å². The Morgan fingerprint density at radius 1 is 0.564 bits per heavy atom. The molecule has 55 heavy (non-hydrogen) atoms. The molecule has 1 unspecified atom stereocenters. The van der Waals surface area contributed by atoms with Crippen molar-refractivity contribution in [2.24, 2.45) is 5.92 Å². The summed E-state index contributed by atoms with van der Waals surface area (Å²) >= 11 is 0. The highest BCUT2D eigenvalue weighted by atomic mass is 16.7. The number of benzene rings is 1. The van der Waals surface area contributed by atoms with Crippen LogP contribution in [0, 0.1) is 16.0 Å². The molecule has 12 nitrogen and oxygen atoms in total. The zero-order valence-corrected chi connectivity index (χ0v) is 34.4. The number of nitro groups is 1. The minimum Gasteiger partial charge on any atom is -0.465 e. The zero-order chi connectivity index (χ0) is 40.2. The Hall–Kier alpha value is -3.25. The molecule has 0 N–H and O–H groups in total. The average Bonchev–Trinajstić information content (AvgIpc) is 3.18. The van der Waals surface area contributed by atoms with Crippen LogP contribution in [0.4, 0.5) is 10.5 Å². The van der Waals surface area contributed by atoms with E-state index in [1.54, 1.807) is 0 Å². The molecule has 0 amide bonds. The van der Waals surface area contributed by atoms with Crippen LogP contribution >= 0.6 is 0 Å². The van der Waals surface area contributed by atoms with Crippen LogP contribution in [0.1, 0.15) is 175 Å². The molecule has 1 aromatic carbocycles. The Labute approximate surface area is 331 Å². The maximum atomic E-state index is 12.9. The van der Waals surface area contributed by atoms with Crippen molar-refractivity contribution in [2.75, 3.05) is 33.0 Å². The van der Waals surface area contributed by atoms with Gasteiger partial charge in [0.25, 0.3) is 5.69 Å². The first-order chi connectivity index (χ1) is 26.8. The van der Waals surface area contributed by atoms with Gasteiger partial charge < -0.3 is 28.4 Å². The lowest BCUT2D eigenvalue weighted by molar-refractivity contribution is -0.384. The van der Waals surface area contributed by atoms with E-state index in [0.29, 0.717) is 19.6 Å². The van der Waals surface area contributed by atoms with E-state index in [9.17, 15) is 24.5 Å². The number of carbonyl (C=O) groups is 3. The number of rotatable bonds is 37. The highest BCUT2D eigenvalue weighted by molar-refractivity contribution is 5.70. The fraction of sp³-hybridized carbons (Fsp3) is 0.791. The van der Waals surface area contributed by atoms with E-state index in [2.05, 4.69) is 20.8 Å². The molecule has 1 aromatic rings. The maximum absolute atomic E-state index is 12.9. The molecule has 0 saturated carbocycles. The van der Waals surface area contributed by atoms with Crippen LogP contribution in [0.5, 0.6) is 5.75 Å². The lowest BCUT2D eigenvalue weighted by Gasteiger charge is -2.20. The normalized spacial score (nSPS) is 11.7. The molecule has 1 rings (SSSR count). The Morgan fingerprint density at radius 3 is 1.45 bits per heavy atom. The van der Waals surface area contributed by atoms with E-state index in [-0.39, 0.29) is 50.1 Å². The largest absolute Gasteiger partial charge is 0.513 e. The fourth-order valence-corrected chi connectivity index (χ4v) is 5.88. The topological polar surface area (TPSA) is 150 Å². The fourth-order valence-electron chi connectivity index (χ4n) is 5.88. The summed E-state index contributed by atoms with van der Waals surface area (Å²) in [4.78, 5) is 48.2. The van der Waals surface area contributed by atoms with Gasteiger partial charge in [0.05, 0.1) is 17.3 Å². The van der Waals surface area contributed by atoms with E-state index in [4.69, 9.17) is 28.4 Å². The van der Waals surface area contributed by atoms with Crippen molar-refractivity contribution in [1.29, 1.82) is 0 Å². The number of ether oxygens (including phenoxy) is 6. The average molecular weight is 780 g/mol. The van der Waals surface area contributed by atoms with Gasteiger partial charge in [-0.15, -0.1) is 0 Å². The molecule has 0 bridgehead atoms. The van der Waals surface area contributed by atoms with Crippen LogP contribution in [-0.2, 0) is 33.3 Å². The van der Waals surface area contributed by atoms with E-state index in [1.807, 2.05) is 0 Å². The zero-order valence-electron chi connectivity index (χ0n) is 34.4. The molecule has 12 heteroatoms. The molecule has 0 spiro atoms. The van der Waals surface area contributed by atoms with Crippen molar-refractivity contribution in [2.45, 2.75) is 181 Å². The second-order valence-corrected chi connectivity index (χ2v) is 14.5. The van der Waals surface area contributed by atoms with E-state index < -0.39 is 29.3 Å². The highest BCUT2D eigenvalue weighted by Crippen LogP contribution is 2.18. The summed E-state index contributed by atoms with van der Waals surface area (Å²) in [6.45, 7) is 7.25. The van der Waals surface area contributed by atoms with Crippen LogP contribution in [0.25, 0.3) is 0 Å². The lowest BCUT2D eigenvalue weighted by atomic mass is 10.1. The van der Waals surface area contributed by atoms with Crippen LogP contribution < -0.4 is 4.74 Å². The summed E-state index contributed by atoms with van der Waals surface area (Å²) in [6.07, 6.45) is 23.1. The minimum atomic E-state index is -1.04. The first kappa shape index (κ1) is 49.8. The quantitative estimate of drug-likeness (QED) is 0.0121. The summed E-state index contributed by atoms with van der Waals surface area (Å²) < 4.78 is 33.5. The van der Waals surface area contributed by atoms with Crippen LogP contribution in [0.2, 0.25) is 0 Å². The Morgan fingerprint density at radius 2 is 0.982 bits per heavy atom. The SMILES string of the molecule is CCCCCCCCCCCC(=O)OCC(COC(=O)CCC(OCCCCCCCC)OCCCCCCCC)COC(=O)Oc1ccc([N+](=O)[O-])cc1. The number of carbonyl (C=O) groups excluding carboxylic acids is 3. The summed E-state index contributed by atoms with van der Waals surface area (Å²) in [5.74, 6) is -1.39. The number of nitro benzene ring substituents is 1. The molecular weight excluding hydrogens is 706 g/mol. The van der Waals surface area contributed by atoms with E-state index in [1.165, 1.54) is 108 Å². The molecule has 0 saturated heterocycles. The third-order valence-electron chi connectivity index (χ3n) is 9.32. The van der Waals surface area contributed by atoms with Crippen LogP contribution in [0.3, 0.4) is 0 Å². The van der Waals surface area contributed by atoms with Gasteiger partial charge in [-0.1, -0.05) is 136 Å².